The van der Waals surface area contributed by atoms with Gasteiger partial charge in [-0.3, -0.25) is 4.79 Å². The third-order valence-electron chi connectivity index (χ3n) is 1.95. The lowest BCUT2D eigenvalue weighted by Gasteiger charge is -2.07. The van der Waals surface area contributed by atoms with Crippen LogP contribution in [0.15, 0.2) is 18.2 Å². The van der Waals surface area contributed by atoms with E-state index < -0.39 is 17.8 Å². The van der Waals surface area contributed by atoms with Crippen molar-refractivity contribution in [3.05, 3.63) is 29.6 Å². The smallest absolute Gasteiger partial charge is 0.370 e. The Morgan fingerprint density at radius 1 is 1.38 bits per heavy atom. The number of halogens is 3. The summed E-state index contributed by atoms with van der Waals surface area (Å²) in [5, 5.41) is 0. The quantitative estimate of drug-likeness (QED) is 0.862. The maximum absolute atomic E-state index is 12.3. The number of hydrogen-bond acceptors (Lipinski definition) is 2. The summed E-state index contributed by atoms with van der Waals surface area (Å²) in [6, 6.07) is 3.71. The van der Waals surface area contributed by atoms with Crippen molar-refractivity contribution < 1.29 is 18.0 Å². The lowest BCUT2D eigenvalue weighted by atomic mass is 10.1. The number of aromatic nitrogens is 1. The second kappa shape index (κ2) is 4.96. The van der Waals surface area contributed by atoms with E-state index in [2.05, 4.69) is 4.98 Å². The number of aryl methyl sites for hydroxylation is 1. The van der Waals surface area contributed by atoms with Crippen LogP contribution >= 0.6 is 0 Å². The first-order chi connectivity index (χ1) is 7.39. The molecule has 16 heavy (non-hydrogen) atoms. The molecule has 1 aromatic rings. The molecular formula is C10H11F3N2O. The zero-order valence-electron chi connectivity index (χ0n) is 8.42. The molecule has 0 aromatic carbocycles. The van der Waals surface area contributed by atoms with Crippen LogP contribution in [0.1, 0.15) is 24.2 Å². The summed E-state index contributed by atoms with van der Waals surface area (Å²) in [6.07, 6.45) is -3.56. The third kappa shape index (κ3) is 3.88. The summed E-state index contributed by atoms with van der Waals surface area (Å²) in [4.78, 5) is 13.9. The molecule has 0 aliphatic heterocycles. The van der Waals surface area contributed by atoms with Gasteiger partial charge in [-0.1, -0.05) is 6.07 Å². The second-order valence-corrected chi connectivity index (χ2v) is 3.33. The number of amides is 1. The van der Waals surface area contributed by atoms with E-state index in [1.54, 1.807) is 0 Å². The number of alkyl halides is 3. The van der Waals surface area contributed by atoms with Crippen molar-refractivity contribution in [3.63, 3.8) is 0 Å². The maximum atomic E-state index is 12.3. The Kier molecular flexibility index (Phi) is 3.87. The van der Waals surface area contributed by atoms with Crippen molar-refractivity contribution in [3.8, 4) is 0 Å². The molecule has 0 radical (unpaired) electrons. The lowest BCUT2D eigenvalue weighted by molar-refractivity contribution is -0.141. The van der Waals surface area contributed by atoms with Gasteiger partial charge in [-0.05, 0) is 25.0 Å². The van der Waals surface area contributed by atoms with Crippen molar-refractivity contribution in [2.45, 2.75) is 25.4 Å². The van der Waals surface area contributed by atoms with E-state index in [9.17, 15) is 18.0 Å². The number of primary amides is 1. The summed E-state index contributed by atoms with van der Waals surface area (Å²) >= 11 is 0. The van der Waals surface area contributed by atoms with Crippen molar-refractivity contribution in [1.29, 1.82) is 0 Å². The molecule has 1 heterocycles. The molecule has 0 saturated carbocycles. The van der Waals surface area contributed by atoms with Crippen LogP contribution in [0, 0.1) is 0 Å². The van der Waals surface area contributed by atoms with Gasteiger partial charge in [0.15, 0.2) is 0 Å². The molecule has 0 aliphatic carbocycles. The minimum absolute atomic E-state index is 0.151. The molecule has 0 bridgehead atoms. The van der Waals surface area contributed by atoms with Gasteiger partial charge in [-0.15, -0.1) is 0 Å². The van der Waals surface area contributed by atoms with E-state index in [-0.39, 0.29) is 6.42 Å². The molecule has 1 amide bonds. The molecule has 0 saturated heterocycles. The van der Waals surface area contributed by atoms with Crippen LogP contribution in [0.2, 0.25) is 0 Å². The Bertz CT molecular complexity index is 377. The van der Waals surface area contributed by atoms with Crippen molar-refractivity contribution >= 4 is 5.91 Å². The average molecular weight is 232 g/mol. The molecule has 6 heteroatoms. The van der Waals surface area contributed by atoms with Gasteiger partial charge < -0.3 is 5.73 Å². The average Bonchev–Trinajstić information content (AvgIpc) is 2.16. The molecule has 2 N–H and O–H groups in total. The lowest BCUT2D eigenvalue weighted by Crippen LogP contribution is -2.11. The highest BCUT2D eigenvalue weighted by atomic mass is 19.4. The second-order valence-electron chi connectivity index (χ2n) is 3.33. The van der Waals surface area contributed by atoms with Crippen LogP contribution in [-0.2, 0) is 17.4 Å². The highest BCUT2D eigenvalue weighted by molar-refractivity contribution is 5.73. The molecule has 0 unspecified atom stereocenters. The number of rotatable bonds is 4. The van der Waals surface area contributed by atoms with Crippen LogP contribution in [0.25, 0.3) is 0 Å². The van der Waals surface area contributed by atoms with Crippen LogP contribution in [0.4, 0.5) is 13.2 Å². The Morgan fingerprint density at radius 2 is 2.06 bits per heavy atom. The molecule has 1 aromatic heterocycles. The highest BCUT2D eigenvalue weighted by Gasteiger charge is 2.32. The Hall–Kier alpha value is -1.59. The zero-order chi connectivity index (χ0) is 12.2. The third-order valence-corrected chi connectivity index (χ3v) is 1.95. The molecular weight excluding hydrogens is 221 g/mol. The molecule has 0 fully saturated rings. The number of nitrogens with zero attached hydrogens (tertiary/aromatic N) is 1. The molecule has 3 nitrogen and oxygen atoms in total. The normalized spacial score (nSPS) is 11.4. The Balaban J connectivity index is 2.64. The van der Waals surface area contributed by atoms with Crippen LogP contribution in [0.5, 0.6) is 0 Å². The van der Waals surface area contributed by atoms with Crippen LogP contribution in [0.3, 0.4) is 0 Å². The summed E-state index contributed by atoms with van der Waals surface area (Å²) in [5.74, 6) is -0.466. The highest BCUT2D eigenvalue weighted by Crippen LogP contribution is 2.27. The molecule has 0 atom stereocenters. The van der Waals surface area contributed by atoms with Gasteiger partial charge in [0.2, 0.25) is 5.91 Å². The minimum Gasteiger partial charge on any atom is -0.370 e. The zero-order valence-corrected chi connectivity index (χ0v) is 8.42. The first kappa shape index (κ1) is 12.5. The van der Waals surface area contributed by atoms with Gasteiger partial charge in [0, 0.05) is 12.1 Å². The number of nitrogens with two attached hydrogens (primary N) is 1. The van der Waals surface area contributed by atoms with E-state index in [0.29, 0.717) is 18.5 Å². The number of carbonyl (C=O) groups excluding carboxylic acids is 1. The summed E-state index contributed by atoms with van der Waals surface area (Å²) in [5.41, 5.74) is 4.32. The summed E-state index contributed by atoms with van der Waals surface area (Å²) in [6.45, 7) is 0. The SMILES string of the molecule is NC(=O)CCCc1cccc(C(F)(F)F)n1. The van der Waals surface area contributed by atoms with Crippen molar-refractivity contribution in [1.82, 2.24) is 4.98 Å². The Labute approximate surface area is 90.5 Å². The van der Waals surface area contributed by atoms with Gasteiger partial charge in [-0.2, -0.15) is 13.2 Å². The predicted molar refractivity (Wildman–Crippen MR) is 51.4 cm³/mol. The minimum atomic E-state index is -4.43. The van der Waals surface area contributed by atoms with Gasteiger partial charge in [0.25, 0.3) is 0 Å². The summed E-state index contributed by atoms with van der Waals surface area (Å²) in [7, 11) is 0. The predicted octanol–water partition coefficient (Wildman–Crippen LogP) is 1.91. The van der Waals surface area contributed by atoms with E-state index in [0.717, 1.165) is 6.07 Å². The van der Waals surface area contributed by atoms with E-state index in [1.807, 2.05) is 0 Å². The van der Waals surface area contributed by atoms with Crippen molar-refractivity contribution in [2.24, 2.45) is 5.73 Å². The van der Waals surface area contributed by atoms with E-state index >= 15 is 0 Å². The fraction of sp³-hybridized carbons (Fsp3) is 0.400. The molecule has 0 aliphatic rings. The summed E-state index contributed by atoms with van der Waals surface area (Å²) < 4.78 is 36.8. The number of carbonyl (C=O) groups is 1. The van der Waals surface area contributed by atoms with Crippen molar-refractivity contribution in [2.75, 3.05) is 0 Å². The van der Waals surface area contributed by atoms with Gasteiger partial charge in [-0.25, -0.2) is 4.98 Å². The largest absolute Gasteiger partial charge is 0.433 e. The first-order valence-electron chi connectivity index (χ1n) is 4.71. The molecule has 1 rings (SSSR count). The van der Waals surface area contributed by atoms with Gasteiger partial charge in [0.1, 0.15) is 5.69 Å². The van der Waals surface area contributed by atoms with E-state index in [4.69, 9.17) is 5.73 Å². The van der Waals surface area contributed by atoms with Crippen LogP contribution in [-0.4, -0.2) is 10.9 Å². The molecule has 0 spiro atoms. The molecule has 88 valence electrons. The fourth-order valence-electron chi connectivity index (χ4n) is 1.22. The van der Waals surface area contributed by atoms with Gasteiger partial charge in [0.05, 0.1) is 0 Å². The fourth-order valence-corrected chi connectivity index (χ4v) is 1.22. The number of pyridine rings is 1. The number of hydrogen-bond donors (Lipinski definition) is 1. The Morgan fingerprint density at radius 3 is 2.62 bits per heavy atom. The van der Waals surface area contributed by atoms with Crippen LogP contribution < -0.4 is 5.73 Å². The topological polar surface area (TPSA) is 56.0 Å². The standard InChI is InChI=1S/C10H11F3N2O/c11-10(12,13)8-5-1-3-7(15-8)4-2-6-9(14)16/h1,3,5H,2,4,6H2,(H2,14,16). The first-order valence-corrected chi connectivity index (χ1v) is 4.71. The van der Waals surface area contributed by atoms with Gasteiger partial charge >= 0.3 is 6.18 Å². The van der Waals surface area contributed by atoms with E-state index in [1.165, 1.54) is 12.1 Å². The monoisotopic (exact) mass is 232 g/mol. The maximum Gasteiger partial charge on any atom is 0.433 e.